The molecule has 4 aromatic rings. The van der Waals surface area contributed by atoms with Gasteiger partial charge in [-0.25, -0.2) is 9.97 Å². The highest BCUT2D eigenvalue weighted by atomic mass is 32.1. The van der Waals surface area contributed by atoms with E-state index in [-0.39, 0.29) is 23.6 Å². The number of aryl methyl sites for hydroxylation is 2. The smallest absolute Gasteiger partial charge is 0.297 e. The minimum atomic E-state index is -0.374. The molecule has 3 heterocycles. The molecule has 7 nitrogen and oxygen atoms in total. The van der Waals surface area contributed by atoms with Crippen LogP contribution in [0.15, 0.2) is 52.5 Å². The van der Waals surface area contributed by atoms with Crippen molar-refractivity contribution in [2.45, 2.75) is 32.2 Å². The van der Waals surface area contributed by atoms with Crippen LogP contribution in [0, 0.1) is 0 Å². The fraction of sp³-hybridized carbons (Fsp3) is 0.273. The molecule has 1 amide bonds. The van der Waals surface area contributed by atoms with Gasteiger partial charge in [0.2, 0.25) is 11.5 Å². The van der Waals surface area contributed by atoms with Gasteiger partial charge in [-0.1, -0.05) is 18.2 Å². The molecule has 1 aliphatic rings. The Bertz CT molecular complexity index is 1310. The molecule has 0 N–H and O–H groups in total. The second kappa shape index (κ2) is 7.53. The fourth-order valence-electron chi connectivity index (χ4n) is 3.83. The number of nitrogens with zero attached hydrogens (tertiary/aromatic N) is 4. The summed E-state index contributed by atoms with van der Waals surface area (Å²) in [5.74, 6) is -0.236. The standard InChI is InChI=1S/C22H20N4O3S/c1-2-11-26(22-24-15-8-4-6-10-17(15)30-22)18(27)12-25-13-23-19-14-7-3-5-9-16(14)29-20(19)21(25)28/h2-3,5,7,9,13H,1,4,6,8,10-12H2. The van der Waals surface area contributed by atoms with Crippen LogP contribution >= 0.6 is 11.3 Å². The van der Waals surface area contributed by atoms with Crippen molar-refractivity contribution >= 4 is 44.4 Å². The first-order valence-corrected chi connectivity index (χ1v) is 10.7. The number of fused-ring (bicyclic) bond motifs is 4. The van der Waals surface area contributed by atoms with Crippen molar-refractivity contribution in [3.63, 3.8) is 0 Å². The van der Waals surface area contributed by atoms with Gasteiger partial charge in [-0.15, -0.1) is 17.9 Å². The average Bonchev–Trinajstić information content (AvgIpc) is 3.35. The summed E-state index contributed by atoms with van der Waals surface area (Å²) in [5, 5.41) is 1.45. The second-order valence-electron chi connectivity index (χ2n) is 7.32. The highest BCUT2D eigenvalue weighted by Gasteiger charge is 2.23. The van der Waals surface area contributed by atoms with Crippen LogP contribution in [-0.4, -0.2) is 27.0 Å². The van der Waals surface area contributed by atoms with E-state index < -0.39 is 0 Å². The SMILES string of the molecule is C=CCN(C(=O)Cn1cnc2c(oc3ccccc32)c1=O)c1nc2c(s1)CCCC2. The normalized spacial score (nSPS) is 13.5. The first-order chi connectivity index (χ1) is 14.7. The molecular formula is C22H20N4O3S. The Kier molecular flexibility index (Phi) is 4.71. The van der Waals surface area contributed by atoms with Crippen molar-refractivity contribution < 1.29 is 9.21 Å². The lowest BCUT2D eigenvalue weighted by Crippen LogP contribution is -2.36. The van der Waals surface area contributed by atoms with Crippen LogP contribution < -0.4 is 10.5 Å². The van der Waals surface area contributed by atoms with Crippen molar-refractivity contribution in [3.05, 3.63) is 64.2 Å². The third-order valence-corrected chi connectivity index (χ3v) is 6.51. The van der Waals surface area contributed by atoms with E-state index in [0.717, 1.165) is 36.8 Å². The van der Waals surface area contributed by atoms with Crippen LogP contribution in [0.1, 0.15) is 23.4 Å². The molecule has 1 aromatic carbocycles. The highest BCUT2D eigenvalue weighted by molar-refractivity contribution is 7.16. The molecule has 0 bridgehead atoms. The van der Waals surface area contributed by atoms with Crippen LogP contribution in [0.3, 0.4) is 0 Å². The maximum atomic E-state index is 13.1. The summed E-state index contributed by atoms with van der Waals surface area (Å²) in [4.78, 5) is 37.9. The molecular weight excluding hydrogens is 400 g/mol. The third kappa shape index (κ3) is 3.13. The van der Waals surface area contributed by atoms with Gasteiger partial charge in [0.25, 0.3) is 5.56 Å². The maximum Gasteiger partial charge on any atom is 0.297 e. The topological polar surface area (TPSA) is 81.2 Å². The maximum absolute atomic E-state index is 13.1. The molecule has 0 saturated carbocycles. The molecule has 3 aromatic heterocycles. The van der Waals surface area contributed by atoms with Gasteiger partial charge in [0.1, 0.15) is 17.6 Å². The zero-order valence-electron chi connectivity index (χ0n) is 16.3. The molecule has 152 valence electrons. The molecule has 0 unspecified atom stereocenters. The number of thiazole rings is 1. The predicted molar refractivity (Wildman–Crippen MR) is 117 cm³/mol. The Morgan fingerprint density at radius 1 is 1.30 bits per heavy atom. The van der Waals surface area contributed by atoms with Crippen LogP contribution in [0.4, 0.5) is 5.13 Å². The lowest BCUT2D eigenvalue weighted by atomic mass is 10.0. The summed E-state index contributed by atoms with van der Waals surface area (Å²) in [6, 6.07) is 7.36. The number of anilines is 1. The van der Waals surface area contributed by atoms with Gasteiger partial charge in [-0.2, -0.15) is 0 Å². The van der Waals surface area contributed by atoms with E-state index in [4.69, 9.17) is 4.42 Å². The lowest BCUT2D eigenvalue weighted by molar-refractivity contribution is -0.119. The Labute approximate surface area is 176 Å². The number of para-hydroxylation sites is 1. The minimum Gasteiger partial charge on any atom is -0.448 e. The molecule has 1 aliphatic carbocycles. The van der Waals surface area contributed by atoms with E-state index in [2.05, 4.69) is 16.5 Å². The zero-order valence-corrected chi connectivity index (χ0v) is 17.2. The van der Waals surface area contributed by atoms with Gasteiger partial charge in [-0.3, -0.25) is 19.1 Å². The van der Waals surface area contributed by atoms with Gasteiger partial charge < -0.3 is 4.42 Å². The van der Waals surface area contributed by atoms with E-state index in [0.29, 0.717) is 22.8 Å². The van der Waals surface area contributed by atoms with Gasteiger partial charge in [0, 0.05) is 16.8 Å². The average molecular weight is 420 g/mol. The molecule has 0 spiro atoms. The van der Waals surface area contributed by atoms with Crippen LogP contribution in [0.2, 0.25) is 0 Å². The number of hydrogen-bond donors (Lipinski definition) is 0. The van der Waals surface area contributed by atoms with Crippen LogP contribution in [-0.2, 0) is 24.2 Å². The Balaban J connectivity index is 1.48. The monoisotopic (exact) mass is 420 g/mol. The lowest BCUT2D eigenvalue weighted by Gasteiger charge is -2.18. The Morgan fingerprint density at radius 3 is 2.97 bits per heavy atom. The molecule has 0 radical (unpaired) electrons. The molecule has 30 heavy (non-hydrogen) atoms. The summed E-state index contributed by atoms with van der Waals surface area (Å²) in [6.45, 7) is 3.96. The summed E-state index contributed by atoms with van der Waals surface area (Å²) < 4.78 is 6.99. The molecule has 0 aliphatic heterocycles. The van der Waals surface area contributed by atoms with Crippen LogP contribution in [0.5, 0.6) is 0 Å². The zero-order chi connectivity index (χ0) is 20.7. The summed E-state index contributed by atoms with van der Waals surface area (Å²) in [5.41, 5.74) is 1.98. The number of aromatic nitrogens is 3. The van der Waals surface area contributed by atoms with E-state index in [1.165, 1.54) is 15.8 Å². The second-order valence-corrected chi connectivity index (χ2v) is 8.38. The molecule has 5 rings (SSSR count). The summed E-state index contributed by atoms with van der Waals surface area (Å²) in [6.07, 6.45) is 7.32. The quantitative estimate of drug-likeness (QED) is 0.460. The Hall–Kier alpha value is -3.26. The van der Waals surface area contributed by atoms with Crippen molar-refractivity contribution in [1.82, 2.24) is 14.5 Å². The molecule has 0 atom stereocenters. The summed E-state index contributed by atoms with van der Waals surface area (Å²) in [7, 11) is 0. The van der Waals surface area contributed by atoms with Crippen molar-refractivity contribution in [2.24, 2.45) is 0 Å². The third-order valence-electron chi connectivity index (χ3n) is 5.33. The fourth-order valence-corrected chi connectivity index (χ4v) is 5.00. The molecule has 0 fully saturated rings. The number of amides is 1. The number of furan rings is 1. The van der Waals surface area contributed by atoms with Gasteiger partial charge in [-0.05, 0) is 37.8 Å². The number of carbonyl (C=O) groups excluding carboxylic acids is 1. The van der Waals surface area contributed by atoms with Gasteiger partial charge in [0.15, 0.2) is 5.13 Å². The first-order valence-electron chi connectivity index (χ1n) is 9.92. The van der Waals surface area contributed by atoms with Gasteiger partial charge >= 0.3 is 0 Å². The van der Waals surface area contributed by atoms with E-state index in [9.17, 15) is 9.59 Å². The number of hydrogen-bond acceptors (Lipinski definition) is 6. The highest BCUT2D eigenvalue weighted by Crippen LogP contribution is 2.32. The minimum absolute atomic E-state index is 0.142. The van der Waals surface area contributed by atoms with Crippen molar-refractivity contribution in [2.75, 3.05) is 11.4 Å². The molecule has 0 saturated heterocycles. The van der Waals surface area contributed by atoms with Gasteiger partial charge in [0.05, 0.1) is 12.0 Å². The van der Waals surface area contributed by atoms with Crippen molar-refractivity contribution in [1.29, 1.82) is 0 Å². The first kappa shape index (κ1) is 18.7. The number of carbonyl (C=O) groups is 1. The largest absolute Gasteiger partial charge is 0.448 e. The van der Waals surface area contributed by atoms with E-state index in [1.54, 1.807) is 28.4 Å². The predicted octanol–water partition coefficient (Wildman–Crippen LogP) is 3.70. The van der Waals surface area contributed by atoms with E-state index >= 15 is 0 Å². The van der Waals surface area contributed by atoms with Crippen molar-refractivity contribution in [3.8, 4) is 0 Å². The molecule has 8 heteroatoms. The van der Waals surface area contributed by atoms with E-state index in [1.807, 2.05) is 18.2 Å². The van der Waals surface area contributed by atoms with Crippen LogP contribution in [0.25, 0.3) is 22.1 Å². The summed E-state index contributed by atoms with van der Waals surface area (Å²) >= 11 is 1.56. The number of rotatable bonds is 5. The Morgan fingerprint density at radius 2 is 2.13 bits per heavy atom. The number of benzene rings is 1.